The van der Waals surface area contributed by atoms with Gasteiger partial charge in [-0.15, -0.1) is 10.2 Å². The molecule has 1 aliphatic heterocycles. The maximum Gasteiger partial charge on any atom is 0.225 e. The summed E-state index contributed by atoms with van der Waals surface area (Å²) in [6.07, 6.45) is 2.89. The predicted molar refractivity (Wildman–Crippen MR) is 110 cm³/mol. The van der Waals surface area contributed by atoms with E-state index in [0.29, 0.717) is 6.54 Å². The molecule has 0 spiro atoms. The second kappa shape index (κ2) is 8.51. The van der Waals surface area contributed by atoms with E-state index in [-0.39, 0.29) is 17.9 Å². The number of aryl methyl sites for hydroxylation is 2. The van der Waals surface area contributed by atoms with Gasteiger partial charge in [0.05, 0.1) is 11.6 Å². The lowest BCUT2D eigenvalue weighted by atomic mass is 9.96. The van der Waals surface area contributed by atoms with Gasteiger partial charge in [-0.3, -0.25) is 4.79 Å². The van der Waals surface area contributed by atoms with E-state index in [1.807, 2.05) is 12.1 Å². The van der Waals surface area contributed by atoms with Crippen LogP contribution >= 0.6 is 0 Å². The summed E-state index contributed by atoms with van der Waals surface area (Å²) in [6, 6.07) is 10.6. The van der Waals surface area contributed by atoms with Gasteiger partial charge in [0.15, 0.2) is 5.82 Å². The molecule has 1 aliphatic rings. The number of piperidine rings is 1. The minimum atomic E-state index is 0.0222. The van der Waals surface area contributed by atoms with Crippen molar-refractivity contribution in [2.45, 2.75) is 53.0 Å². The zero-order valence-electron chi connectivity index (χ0n) is 16.8. The molecular formula is C22H30N4O. The first kappa shape index (κ1) is 19.3. The van der Waals surface area contributed by atoms with Crippen LogP contribution in [0.15, 0.2) is 30.3 Å². The topological polar surface area (TPSA) is 58.1 Å². The predicted octanol–water partition coefficient (Wildman–Crippen LogP) is 3.89. The minimum absolute atomic E-state index is 0.0222. The average molecular weight is 367 g/mol. The van der Waals surface area contributed by atoms with E-state index in [0.717, 1.165) is 42.9 Å². The van der Waals surface area contributed by atoms with Crippen molar-refractivity contribution in [2.24, 2.45) is 5.92 Å². The van der Waals surface area contributed by atoms with Crippen molar-refractivity contribution in [2.75, 3.05) is 18.0 Å². The molecule has 1 fully saturated rings. The van der Waals surface area contributed by atoms with Crippen LogP contribution in [0, 0.1) is 19.8 Å². The fourth-order valence-electron chi connectivity index (χ4n) is 3.41. The lowest BCUT2D eigenvalue weighted by Crippen LogP contribution is -2.45. The highest BCUT2D eigenvalue weighted by Crippen LogP contribution is 2.24. The Kier molecular flexibility index (Phi) is 6.09. The Morgan fingerprint density at radius 3 is 2.70 bits per heavy atom. The molecule has 1 N–H and O–H groups in total. The van der Waals surface area contributed by atoms with Crippen LogP contribution in [0.5, 0.6) is 0 Å². The summed E-state index contributed by atoms with van der Waals surface area (Å²) >= 11 is 0. The second-order valence-corrected chi connectivity index (χ2v) is 7.68. The van der Waals surface area contributed by atoms with Crippen molar-refractivity contribution in [3.05, 3.63) is 41.5 Å². The average Bonchev–Trinajstić information content (AvgIpc) is 2.70. The first-order valence-corrected chi connectivity index (χ1v) is 9.94. The fraction of sp³-hybridized carbons (Fsp3) is 0.500. The van der Waals surface area contributed by atoms with E-state index in [4.69, 9.17) is 0 Å². The standard InChI is InChI=1S/C22H30N4O/c1-5-17(4)23-22(27)19-7-6-12-26(14-19)21-11-10-20(24-25-21)18-9-8-15(2)16(3)13-18/h8-11,13,17,19H,5-7,12,14H2,1-4H3,(H,23,27)/t17-,19-/m1/s1. The minimum Gasteiger partial charge on any atom is -0.354 e. The SMILES string of the molecule is CC[C@@H](C)NC(=O)[C@@H]1CCCN(c2ccc(-c3ccc(C)c(C)c3)nn2)C1. The van der Waals surface area contributed by atoms with Crippen molar-refractivity contribution in [3.63, 3.8) is 0 Å². The Morgan fingerprint density at radius 1 is 1.22 bits per heavy atom. The Bertz CT molecular complexity index is 787. The molecule has 2 heterocycles. The van der Waals surface area contributed by atoms with Crippen LogP contribution in [0.3, 0.4) is 0 Å². The lowest BCUT2D eigenvalue weighted by Gasteiger charge is -2.33. The van der Waals surface area contributed by atoms with E-state index >= 15 is 0 Å². The lowest BCUT2D eigenvalue weighted by molar-refractivity contribution is -0.125. The van der Waals surface area contributed by atoms with Crippen LogP contribution in [0.1, 0.15) is 44.2 Å². The Balaban J connectivity index is 1.69. The maximum atomic E-state index is 12.5. The quantitative estimate of drug-likeness (QED) is 0.872. The molecule has 5 nitrogen and oxygen atoms in total. The first-order valence-electron chi connectivity index (χ1n) is 9.94. The molecule has 144 valence electrons. The number of carbonyl (C=O) groups excluding carboxylic acids is 1. The van der Waals surface area contributed by atoms with Crippen molar-refractivity contribution in [1.82, 2.24) is 15.5 Å². The first-order chi connectivity index (χ1) is 13.0. The molecule has 0 saturated carbocycles. The van der Waals surface area contributed by atoms with Gasteiger partial charge in [-0.2, -0.15) is 0 Å². The molecule has 1 amide bonds. The molecule has 2 aromatic rings. The van der Waals surface area contributed by atoms with Crippen molar-refractivity contribution >= 4 is 11.7 Å². The van der Waals surface area contributed by atoms with Gasteiger partial charge in [0.25, 0.3) is 0 Å². The summed E-state index contributed by atoms with van der Waals surface area (Å²) in [5.41, 5.74) is 4.49. The number of nitrogens with zero attached hydrogens (tertiary/aromatic N) is 3. The normalized spacial score (nSPS) is 18.2. The van der Waals surface area contributed by atoms with Crippen LogP contribution in [-0.2, 0) is 4.79 Å². The number of benzene rings is 1. The van der Waals surface area contributed by atoms with Gasteiger partial charge in [-0.25, -0.2) is 0 Å². The highest BCUT2D eigenvalue weighted by molar-refractivity contribution is 5.79. The van der Waals surface area contributed by atoms with Crippen LogP contribution < -0.4 is 10.2 Å². The van der Waals surface area contributed by atoms with E-state index in [1.165, 1.54) is 11.1 Å². The van der Waals surface area contributed by atoms with E-state index in [1.54, 1.807) is 0 Å². The smallest absolute Gasteiger partial charge is 0.225 e. The summed E-state index contributed by atoms with van der Waals surface area (Å²) in [5.74, 6) is 1.03. The van der Waals surface area contributed by atoms with Gasteiger partial charge in [0.2, 0.25) is 5.91 Å². The number of anilines is 1. The number of carbonyl (C=O) groups is 1. The molecule has 0 radical (unpaired) electrons. The largest absolute Gasteiger partial charge is 0.354 e. The molecule has 1 aromatic heterocycles. The highest BCUT2D eigenvalue weighted by atomic mass is 16.2. The third-order valence-electron chi connectivity index (χ3n) is 5.57. The molecule has 0 bridgehead atoms. The van der Waals surface area contributed by atoms with Crippen molar-refractivity contribution in [1.29, 1.82) is 0 Å². The summed E-state index contributed by atoms with van der Waals surface area (Å²) in [7, 11) is 0. The number of nitrogens with one attached hydrogen (secondary N) is 1. The number of amides is 1. The zero-order valence-corrected chi connectivity index (χ0v) is 16.8. The zero-order chi connectivity index (χ0) is 19.4. The van der Waals surface area contributed by atoms with Gasteiger partial charge < -0.3 is 10.2 Å². The summed E-state index contributed by atoms with van der Waals surface area (Å²) in [6.45, 7) is 9.99. The van der Waals surface area contributed by atoms with Crippen LogP contribution in [0.25, 0.3) is 11.3 Å². The molecule has 3 rings (SSSR count). The third kappa shape index (κ3) is 4.65. The van der Waals surface area contributed by atoms with Crippen molar-refractivity contribution < 1.29 is 4.79 Å². The molecule has 1 aromatic carbocycles. The molecule has 0 aliphatic carbocycles. The summed E-state index contributed by atoms with van der Waals surface area (Å²) in [4.78, 5) is 14.7. The monoisotopic (exact) mass is 366 g/mol. The molecule has 27 heavy (non-hydrogen) atoms. The van der Waals surface area contributed by atoms with Gasteiger partial charge in [-0.1, -0.05) is 19.1 Å². The Morgan fingerprint density at radius 2 is 2.04 bits per heavy atom. The molecule has 2 atom stereocenters. The number of hydrogen-bond donors (Lipinski definition) is 1. The van der Waals surface area contributed by atoms with Gasteiger partial charge in [-0.05, 0) is 69.4 Å². The van der Waals surface area contributed by atoms with Gasteiger partial charge >= 0.3 is 0 Å². The third-order valence-corrected chi connectivity index (χ3v) is 5.57. The van der Waals surface area contributed by atoms with Gasteiger partial charge in [0, 0.05) is 24.7 Å². The van der Waals surface area contributed by atoms with Crippen LogP contribution in [-0.4, -0.2) is 35.2 Å². The van der Waals surface area contributed by atoms with E-state index in [2.05, 4.69) is 66.3 Å². The molecule has 1 saturated heterocycles. The summed E-state index contributed by atoms with van der Waals surface area (Å²) in [5, 5.41) is 12.0. The van der Waals surface area contributed by atoms with Crippen molar-refractivity contribution in [3.8, 4) is 11.3 Å². The molecule has 5 heteroatoms. The summed E-state index contributed by atoms with van der Waals surface area (Å²) < 4.78 is 0. The van der Waals surface area contributed by atoms with E-state index < -0.39 is 0 Å². The molecular weight excluding hydrogens is 336 g/mol. The number of rotatable bonds is 5. The Hall–Kier alpha value is -2.43. The van der Waals surface area contributed by atoms with E-state index in [9.17, 15) is 4.79 Å². The van der Waals surface area contributed by atoms with Gasteiger partial charge in [0.1, 0.15) is 0 Å². The Labute approximate surface area is 162 Å². The molecule has 0 unspecified atom stereocenters. The fourth-order valence-corrected chi connectivity index (χ4v) is 3.41. The van der Waals surface area contributed by atoms with Crippen LogP contribution in [0.4, 0.5) is 5.82 Å². The van der Waals surface area contributed by atoms with Crippen LogP contribution in [0.2, 0.25) is 0 Å². The second-order valence-electron chi connectivity index (χ2n) is 7.68. The highest BCUT2D eigenvalue weighted by Gasteiger charge is 2.27. The number of aromatic nitrogens is 2. The number of hydrogen-bond acceptors (Lipinski definition) is 4. The maximum absolute atomic E-state index is 12.5.